The van der Waals surface area contributed by atoms with Gasteiger partial charge in [0.2, 0.25) is 0 Å². The zero-order valence-corrected chi connectivity index (χ0v) is 10.5. The molecule has 82 valence electrons. The van der Waals surface area contributed by atoms with Crippen molar-refractivity contribution in [3.05, 3.63) is 22.8 Å². The molecule has 0 fully saturated rings. The van der Waals surface area contributed by atoms with Crippen molar-refractivity contribution < 1.29 is 0 Å². The Morgan fingerprint density at radius 1 is 1.53 bits per heavy atom. The normalized spacial score (nSPS) is 10.2. The van der Waals surface area contributed by atoms with Crippen LogP contribution < -0.4 is 10.6 Å². The van der Waals surface area contributed by atoms with E-state index in [1.807, 2.05) is 26.8 Å². The summed E-state index contributed by atoms with van der Waals surface area (Å²) in [5, 5.41) is 7.29. The molecule has 0 amide bonds. The molecule has 0 radical (unpaired) electrons. The second-order valence-corrected chi connectivity index (χ2v) is 4.39. The molecule has 0 aliphatic carbocycles. The van der Waals surface area contributed by atoms with Gasteiger partial charge in [-0.3, -0.25) is 0 Å². The van der Waals surface area contributed by atoms with Gasteiger partial charge >= 0.3 is 0 Å². The molecular weight excluding hydrogens is 230 g/mol. The van der Waals surface area contributed by atoms with Crippen molar-refractivity contribution in [1.29, 1.82) is 0 Å². The van der Waals surface area contributed by atoms with E-state index in [9.17, 15) is 0 Å². The van der Waals surface area contributed by atoms with Gasteiger partial charge in [0.1, 0.15) is 5.82 Å². The van der Waals surface area contributed by atoms with Crippen molar-refractivity contribution in [1.82, 2.24) is 10.3 Å². The third-order valence-electron chi connectivity index (χ3n) is 1.71. The summed E-state index contributed by atoms with van der Waals surface area (Å²) >= 11 is 11.0. The lowest BCUT2D eigenvalue weighted by Crippen LogP contribution is -2.34. The summed E-state index contributed by atoms with van der Waals surface area (Å²) < 4.78 is 0. The van der Waals surface area contributed by atoms with Crippen LogP contribution in [0.1, 0.15) is 19.4 Å². The zero-order chi connectivity index (χ0) is 11.4. The quantitative estimate of drug-likeness (QED) is 0.784. The molecule has 0 atom stereocenters. The number of aromatic nitrogens is 1. The number of hydrogen-bond acceptors (Lipinski definition) is 2. The Morgan fingerprint density at radius 3 is 2.73 bits per heavy atom. The van der Waals surface area contributed by atoms with E-state index in [0.717, 1.165) is 5.56 Å². The molecule has 1 aromatic heterocycles. The summed E-state index contributed by atoms with van der Waals surface area (Å²) in [6, 6.07) is 2.16. The smallest absolute Gasteiger partial charge is 0.172 e. The molecule has 3 nitrogen and oxygen atoms in total. The topological polar surface area (TPSA) is 37.0 Å². The van der Waals surface area contributed by atoms with E-state index < -0.39 is 0 Å². The highest BCUT2D eigenvalue weighted by molar-refractivity contribution is 7.80. The molecule has 0 saturated carbocycles. The summed E-state index contributed by atoms with van der Waals surface area (Å²) in [4.78, 5) is 4.12. The minimum Gasteiger partial charge on any atom is -0.360 e. The van der Waals surface area contributed by atoms with Gasteiger partial charge in [0.25, 0.3) is 0 Å². The molecule has 5 heteroatoms. The fourth-order valence-electron chi connectivity index (χ4n) is 1.02. The number of anilines is 1. The minimum absolute atomic E-state index is 0.304. The molecule has 1 rings (SSSR count). The Morgan fingerprint density at radius 2 is 2.20 bits per heavy atom. The first-order valence-corrected chi connectivity index (χ1v) is 5.47. The van der Waals surface area contributed by atoms with Crippen molar-refractivity contribution >= 4 is 34.7 Å². The molecule has 0 aromatic carbocycles. The summed E-state index contributed by atoms with van der Waals surface area (Å²) in [5.41, 5.74) is 0.974. The van der Waals surface area contributed by atoms with Crippen LogP contribution in [0.15, 0.2) is 12.3 Å². The molecule has 0 saturated heterocycles. The zero-order valence-electron chi connectivity index (χ0n) is 8.97. The van der Waals surface area contributed by atoms with E-state index in [2.05, 4.69) is 15.6 Å². The van der Waals surface area contributed by atoms with Crippen molar-refractivity contribution in [3.63, 3.8) is 0 Å². The average Bonchev–Trinajstić information content (AvgIpc) is 2.10. The minimum atomic E-state index is 0.304. The summed E-state index contributed by atoms with van der Waals surface area (Å²) in [7, 11) is 0. The SMILES string of the molecule is Cc1cc(NC(=S)NC(C)C)ncc1Cl. The lowest BCUT2D eigenvalue weighted by atomic mass is 10.3. The standard InChI is InChI=1S/C10H14ClN3S/c1-6(2)13-10(15)14-9-4-7(3)8(11)5-12-9/h4-6H,1-3H3,(H2,12,13,14,15). The maximum absolute atomic E-state index is 5.86. The number of aryl methyl sites for hydroxylation is 1. The van der Waals surface area contributed by atoms with Gasteiger partial charge in [0, 0.05) is 12.2 Å². The number of halogens is 1. The van der Waals surface area contributed by atoms with Crippen molar-refractivity contribution in [2.75, 3.05) is 5.32 Å². The molecule has 2 N–H and O–H groups in total. The molecule has 1 aromatic rings. The van der Waals surface area contributed by atoms with Crippen LogP contribution in [0.4, 0.5) is 5.82 Å². The maximum Gasteiger partial charge on any atom is 0.172 e. The monoisotopic (exact) mass is 243 g/mol. The molecule has 15 heavy (non-hydrogen) atoms. The summed E-state index contributed by atoms with van der Waals surface area (Å²) in [6.45, 7) is 5.97. The molecule has 0 bridgehead atoms. The van der Waals surface area contributed by atoms with Gasteiger partial charge in [-0.1, -0.05) is 11.6 Å². The van der Waals surface area contributed by atoms with Crippen molar-refractivity contribution in [2.24, 2.45) is 0 Å². The molecule has 1 heterocycles. The van der Waals surface area contributed by atoms with Crippen LogP contribution in [0, 0.1) is 6.92 Å². The van der Waals surface area contributed by atoms with E-state index in [1.165, 1.54) is 0 Å². The number of nitrogens with one attached hydrogen (secondary N) is 2. The van der Waals surface area contributed by atoms with E-state index in [1.54, 1.807) is 6.20 Å². The van der Waals surface area contributed by atoms with E-state index in [4.69, 9.17) is 23.8 Å². The number of nitrogens with zero attached hydrogens (tertiary/aromatic N) is 1. The van der Waals surface area contributed by atoms with Gasteiger partial charge in [-0.25, -0.2) is 4.98 Å². The van der Waals surface area contributed by atoms with Gasteiger partial charge in [-0.15, -0.1) is 0 Å². The second-order valence-electron chi connectivity index (χ2n) is 3.57. The van der Waals surface area contributed by atoms with E-state index in [0.29, 0.717) is 22.0 Å². The highest BCUT2D eigenvalue weighted by Gasteiger charge is 2.02. The van der Waals surface area contributed by atoms with E-state index >= 15 is 0 Å². The third kappa shape index (κ3) is 4.01. The van der Waals surface area contributed by atoms with Crippen LogP contribution in [0.2, 0.25) is 5.02 Å². The van der Waals surface area contributed by atoms with Gasteiger partial charge in [0.15, 0.2) is 5.11 Å². The van der Waals surface area contributed by atoms with Crippen LogP contribution >= 0.6 is 23.8 Å². The lowest BCUT2D eigenvalue weighted by Gasteiger charge is -2.12. The van der Waals surface area contributed by atoms with Gasteiger partial charge in [-0.05, 0) is 44.6 Å². The highest BCUT2D eigenvalue weighted by atomic mass is 35.5. The Labute approximate surface area is 100 Å². The largest absolute Gasteiger partial charge is 0.360 e. The lowest BCUT2D eigenvalue weighted by molar-refractivity contribution is 0.739. The Balaban J connectivity index is 2.65. The average molecular weight is 244 g/mol. The van der Waals surface area contributed by atoms with Crippen molar-refractivity contribution in [3.8, 4) is 0 Å². The first kappa shape index (κ1) is 12.2. The second kappa shape index (κ2) is 5.28. The fourth-order valence-corrected chi connectivity index (χ4v) is 1.47. The van der Waals surface area contributed by atoms with Crippen LogP contribution in [0.25, 0.3) is 0 Å². The van der Waals surface area contributed by atoms with Gasteiger partial charge in [0.05, 0.1) is 5.02 Å². The van der Waals surface area contributed by atoms with Crippen molar-refractivity contribution in [2.45, 2.75) is 26.8 Å². The Kier molecular flexibility index (Phi) is 4.29. The van der Waals surface area contributed by atoms with Gasteiger partial charge < -0.3 is 10.6 Å². The molecule has 0 aliphatic rings. The number of thiocarbonyl (C=S) groups is 1. The highest BCUT2D eigenvalue weighted by Crippen LogP contribution is 2.16. The Bertz CT molecular complexity index is 366. The first-order valence-electron chi connectivity index (χ1n) is 4.68. The number of pyridine rings is 1. The Hall–Kier alpha value is -0.870. The molecular formula is C10H14ClN3S. The van der Waals surface area contributed by atoms with Crippen LogP contribution in [0.5, 0.6) is 0 Å². The third-order valence-corrected chi connectivity index (χ3v) is 2.32. The van der Waals surface area contributed by atoms with E-state index in [-0.39, 0.29) is 0 Å². The van der Waals surface area contributed by atoms with Crippen LogP contribution in [0.3, 0.4) is 0 Å². The van der Waals surface area contributed by atoms with Crippen LogP contribution in [-0.2, 0) is 0 Å². The summed E-state index contributed by atoms with van der Waals surface area (Å²) in [6.07, 6.45) is 1.61. The predicted octanol–water partition coefficient (Wildman–Crippen LogP) is 2.74. The molecule has 0 spiro atoms. The van der Waals surface area contributed by atoms with Gasteiger partial charge in [-0.2, -0.15) is 0 Å². The summed E-state index contributed by atoms with van der Waals surface area (Å²) in [5.74, 6) is 0.704. The predicted molar refractivity (Wildman–Crippen MR) is 68.5 cm³/mol. The fraction of sp³-hybridized carbons (Fsp3) is 0.400. The number of rotatable bonds is 2. The maximum atomic E-state index is 5.86. The first-order chi connectivity index (χ1) is 6.99. The van der Waals surface area contributed by atoms with Crippen LogP contribution in [-0.4, -0.2) is 16.1 Å². The molecule has 0 aliphatic heterocycles. The number of hydrogen-bond donors (Lipinski definition) is 2. The molecule has 0 unspecified atom stereocenters.